The van der Waals surface area contributed by atoms with E-state index in [4.69, 9.17) is 10.5 Å². The highest BCUT2D eigenvalue weighted by molar-refractivity contribution is 5.82. The summed E-state index contributed by atoms with van der Waals surface area (Å²) in [7, 11) is 1.53. The molecule has 0 aliphatic rings. The minimum atomic E-state index is -0.539. The number of methoxy groups -OCH3 is 1. The van der Waals surface area contributed by atoms with Crippen LogP contribution in [-0.2, 0) is 14.3 Å². The van der Waals surface area contributed by atoms with Crippen molar-refractivity contribution in [2.45, 2.75) is 13.3 Å². The Bertz CT molecular complexity index is 206. The predicted molar refractivity (Wildman–Crippen MR) is 44.1 cm³/mol. The maximum atomic E-state index is 10.8. The molecule has 0 heterocycles. The third-order valence-corrected chi connectivity index (χ3v) is 1.64. The molecule has 0 rings (SSSR count). The fourth-order valence-electron chi connectivity index (χ4n) is 0.879. The van der Waals surface area contributed by atoms with E-state index in [1.165, 1.54) is 14.0 Å². The van der Waals surface area contributed by atoms with E-state index in [1.807, 2.05) is 0 Å². The first-order valence-corrected chi connectivity index (χ1v) is 3.63. The fourth-order valence-corrected chi connectivity index (χ4v) is 0.879. The van der Waals surface area contributed by atoms with Crippen LogP contribution in [-0.4, -0.2) is 25.6 Å². The first-order chi connectivity index (χ1) is 5.63. The number of primary amides is 1. The number of carbonyl (C=O) groups is 1. The van der Waals surface area contributed by atoms with Gasteiger partial charge >= 0.3 is 0 Å². The smallest absolute Gasteiger partial charge is 0.225 e. The van der Waals surface area contributed by atoms with Crippen LogP contribution in [0.3, 0.4) is 0 Å². The van der Waals surface area contributed by atoms with Crippen molar-refractivity contribution in [3.05, 3.63) is 5.57 Å². The van der Waals surface area contributed by atoms with Crippen LogP contribution in [0, 0.1) is 5.92 Å². The van der Waals surface area contributed by atoms with E-state index in [-0.39, 0.29) is 0 Å². The molecule has 1 unspecified atom stereocenters. The van der Waals surface area contributed by atoms with Crippen LogP contribution >= 0.6 is 0 Å². The van der Waals surface area contributed by atoms with Crippen LogP contribution in [0.1, 0.15) is 13.3 Å². The van der Waals surface area contributed by atoms with Crippen LogP contribution in [0.15, 0.2) is 5.57 Å². The number of amides is 1. The normalized spacial score (nSPS) is 11.8. The Labute approximate surface area is 71.4 Å². The molecule has 2 N–H and O–H groups in total. The molecule has 1 atom stereocenters. The van der Waals surface area contributed by atoms with E-state index in [0.29, 0.717) is 18.6 Å². The number of hydrogen-bond acceptors (Lipinski definition) is 3. The van der Waals surface area contributed by atoms with E-state index in [2.05, 4.69) is 0 Å². The highest BCUT2D eigenvalue weighted by Crippen LogP contribution is 2.11. The zero-order valence-electron chi connectivity index (χ0n) is 7.29. The van der Waals surface area contributed by atoms with Crippen molar-refractivity contribution in [3.8, 4) is 0 Å². The molecule has 0 bridgehead atoms. The Hall–Kier alpha value is -1.12. The van der Waals surface area contributed by atoms with E-state index in [1.54, 1.807) is 5.94 Å². The Morgan fingerprint density at radius 1 is 1.67 bits per heavy atom. The van der Waals surface area contributed by atoms with Crippen molar-refractivity contribution in [2.24, 2.45) is 11.7 Å². The monoisotopic (exact) mass is 171 g/mol. The highest BCUT2D eigenvalue weighted by atomic mass is 16.5. The Kier molecular flexibility index (Phi) is 5.00. The van der Waals surface area contributed by atoms with E-state index < -0.39 is 11.8 Å². The average molecular weight is 171 g/mol. The summed E-state index contributed by atoms with van der Waals surface area (Å²) in [6.45, 7) is 1.95. The first-order valence-electron chi connectivity index (χ1n) is 3.63. The van der Waals surface area contributed by atoms with Gasteiger partial charge in [-0.1, -0.05) is 0 Å². The van der Waals surface area contributed by atoms with E-state index >= 15 is 0 Å². The lowest BCUT2D eigenvalue weighted by molar-refractivity contribution is -0.121. The summed E-state index contributed by atoms with van der Waals surface area (Å²) in [4.78, 5) is 21.0. The van der Waals surface area contributed by atoms with Gasteiger partial charge in [-0.15, -0.1) is 0 Å². The predicted octanol–water partition coefficient (Wildman–Crippen LogP) is -0.0977. The van der Waals surface area contributed by atoms with Gasteiger partial charge in [-0.25, -0.2) is 4.79 Å². The van der Waals surface area contributed by atoms with Crippen molar-refractivity contribution in [2.75, 3.05) is 13.7 Å². The number of hydrogen-bond donors (Lipinski definition) is 1. The molecule has 0 aliphatic carbocycles. The number of nitrogens with two attached hydrogens (primary N) is 1. The topological polar surface area (TPSA) is 69.4 Å². The van der Waals surface area contributed by atoms with Crippen LogP contribution in [0.4, 0.5) is 0 Å². The molecule has 0 aliphatic heterocycles. The number of rotatable bonds is 5. The molecule has 0 spiro atoms. The van der Waals surface area contributed by atoms with Crippen molar-refractivity contribution in [1.82, 2.24) is 0 Å². The maximum Gasteiger partial charge on any atom is 0.225 e. The van der Waals surface area contributed by atoms with Gasteiger partial charge in [0, 0.05) is 19.3 Å². The van der Waals surface area contributed by atoms with E-state index in [0.717, 1.165) is 0 Å². The van der Waals surface area contributed by atoms with Gasteiger partial charge in [-0.2, -0.15) is 0 Å². The van der Waals surface area contributed by atoms with Gasteiger partial charge in [0.05, 0.1) is 5.92 Å². The number of carbonyl (C=O) groups excluding carboxylic acids is 2. The molecule has 0 aromatic rings. The number of ether oxygens (including phenoxy) is 1. The van der Waals surface area contributed by atoms with Gasteiger partial charge in [-0.05, 0) is 13.3 Å². The SMILES string of the molecule is COCCC(C(N)=O)C(C)=C=O. The third-order valence-electron chi connectivity index (χ3n) is 1.64. The summed E-state index contributed by atoms with van der Waals surface area (Å²) in [5.41, 5.74) is 5.39. The van der Waals surface area contributed by atoms with Gasteiger partial charge in [0.2, 0.25) is 5.91 Å². The van der Waals surface area contributed by atoms with Crippen molar-refractivity contribution >= 4 is 11.8 Å². The van der Waals surface area contributed by atoms with Crippen LogP contribution in [0.2, 0.25) is 0 Å². The maximum absolute atomic E-state index is 10.8. The largest absolute Gasteiger partial charge is 0.385 e. The molecule has 68 valence electrons. The van der Waals surface area contributed by atoms with Crippen LogP contribution < -0.4 is 5.73 Å². The lowest BCUT2D eigenvalue weighted by Gasteiger charge is -2.09. The molecular formula is C8H13NO3. The van der Waals surface area contributed by atoms with Crippen molar-refractivity contribution in [3.63, 3.8) is 0 Å². The zero-order valence-corrected chi connectivity index (χ0v) is 7.29. The minimum Gasteiger partial charge on any atom is -0.385 e. The third kappa shape index (κ3) is 3.32. The van der Waals surface area contributed by atoms with Gasteiger partial charge in [-0.3, -0.25) is 4.79 Å². The summed E-state index contributed by atoms with van der Waals surface area (Å²) in [6.07, 6.45) is 0.437. The molecule has 0 saturated carbocycles. The van der Waals surface area contributed by atoms with Gasteiger partial charge < -0.3 is 10.5 Å². The lowest BCUT2D eigenvalue weighted by Crippen LogP contribution is -2.25. The molecule has 0 aromatic carbocycles. The summed E-state index contributed by atoms with van der Waals surface area (Å²) in [6, 6.07) is 0. The van der Waals surface area contributed by atoms with Crippen molar-refractivity contribution < 1.29 is 14.3 Å². The Balaban J connectivity index is 4.24. The molecular weight excluding hydrogens is 158 g/mol. The summed E-state index contributed by atoms with van der Waals surface area (Å²) >= 11 is 0. The quantitative estimate of drug-likeness (QED) is 0.587. The second-order valence-corrected chi connectivity index (χ2v) is 2.52. The van der Waals surface area contributed by atoms with Gasteiger partial charge in [0.1, 0.15) is 5.94 Å². The van der Waals surface area contributed by atoms with Crippen molar-refractivity contribution in [1.29, 1.82) is 0 Å². The molecule has 4 heteroatoms. The van der Waals surface area contributed by atoms with Gasteiger partial charge in [0.15, 0.2) is 0 Å². The average Bonchev–Trinajstić information content (AvgIpc) is 2.04. The van der Waals surface area contributed by atoms with Crippen LogP contribution in [0.25, 0.3) is 0 Å². The molecule has 1 amide bonds. The second-order valence-electron chi connectivity index (χ2n) is 2.52. The standard InChI is InChI=1S/C8H13NO3/c1-6(5-10)7(8(9)11)3-4-12-2/h7H,3-4H2,1-2H3,(H2,9,11). The summed E-state index contributed by atoms with van der Waals surface area (Å²) < 4.78 is 4.77. The first kappa shape index (κ1) is 10.9. The lowest BCUT2D eigenvalue weighted by atomic mass is 9.98. The molecule has 12 heavy (non-hydrogen) atoms. The Morgan fingerprint density at radius 3 is 2.58 bits per heavy atom. The van der Waals surface area contributed by atoms with Gasteiger partial charge in [0.25, 0.3) is 0 Å². The second kappa shape index (κ2) is 5.52. The zero-order chi connectivity index (χ0) is 9.56. The molecule has 4 nitrogen and oxygen atoms in total. The summed E-state index contributed by atoms with van der Waals surface area (Å²) in [5, 5.41) is 0. The Morgan fingerprint density at radius 2 is 2.25 bits per heavy atom. The van der Waals surface area contributed by atoms with Crippen LogP contribution in [0.5, 0.6) is 0 Å². The molecule has 0 fully saturated rings. The molecule has 0 saturated heterocycles. The summed E-state index contributed by atoms with van der Waals surface area (Å²) in [5.74, 6) is 0.620. The molecule has 0 aromatic heterocycles. The minimum absolute atomic E-state index is 0.333. The fraction of sp³-hybridized carbons (Fsp3) is 0.625. The molecule has 0 radical (unpaired) electrons. The van der Waals surface area contributed by atoms with E-state index in [9.17, 15) is 9.59 Å². The highest BCUT2D eigenvalue weighted by Gasteiger charge is 2.17.